The number of fused-ring (bicyclic) bond motifs is 1. The van der Waals surface area contributed by atoms with E-state index in [-0.39, 0.29) is 24.9 Å². The maximum atomic E-state index is 12.1. The molecule has 3 rings (SSSR count). The SMILES string of the molecule is CS(=O)(=O)N1CC(C(=O)Nc2ccc3ncccc3c2)C1. The minimum Gasteiger partial charge on any atom is -0.326 e. The van der Waals surface area contributed by atoms with E-state index in [0.717, 1.165) is 17.2 Å². The number of hydrogen-bond donors (Lipinski definition) is 1. The number of anilines is 1. The smallest absolute Gasteiger partial charge is 0.230 e. The van der Waals surface area contributed by atoms with Gasteiger partial charge in [0.25, 0.3) is 0 Å². The Morgan fingerprint density at radius 1 is 1.33 bits per heavy atom. The molecule has 1 aromatic carbocycles. The Kier molecular flexibility index (Phi) is 3.38. The number of carbonyl (C=O) groups excluding carboxylic acids is 1. The average molecular weight is 305 g/mol. The first-order valence-electron chi connectivity index (χ1n) is 6.54. The normalized spacial score (nSPS) is 16.6. The number of nitrogens with one attached hydrogen (secondary N) is 1. The highest BCUT2D eigenvalue weighted by Gasteiger charge is 2.37. The summed E-state index contributed by atoms with van der Waals surface area (Å²) < 4.78 is 23.8. The summed E-state index contributed by atoms with van der Waals surface area (Å²) in [6.45, 7) is 0.500. The van der Waals surface area contributed by atoms with Crippen LogP contribution in [0.1, 0.15) is 0 Å². The molecule has 2 heterocycles. The summed E-state index contributed by atoms with van der Waals surface area (Å²) in [5.74, 6) is -0.442. The van der Waals surface area contributed by atoms with Gasteiger partial charge >= 0.3 is 0 Å². The van der Waals surface area contributed by atoms with E-state index in [4.69, 9.17) is 0 Å². The monoisotopic (exact) mass is 305 g/mol. The quantitative estimate of drug-likeness (QED) is 0.920. The summed E-state index contributed by atoms with van der Waals surface area (Å²) in [6.07, 6.45) is 2.87. The van der Waals surface area contributed by atoms with Gasteiger partial charge in [-0.05, 0) is 24.3 Å². The van der Waals surface area contributed by atoms with Crippen LogP contribution in [0.4, 0.5) is 5.69 Å². The van der Waals surface area contributed by atoms with Gasteiger partial charge in [0.1, 0.15) is 0 Å². The minimum atomic E-state index is -3.19. The van der Waals surface area contributed by atoms with Crippen molar-refractivity contribution in [2.24, 2.45) is 5.92 Å². The molecular weight excluding hydrogens is 290 g/mol. The van der Waals surface area contributed by atoms with Crippen LogP contribution in [0.3, 0.4) is 0 Å². The molecule has 110 valence electrons. The molecule has 0 atom stereocenters. The van der Waals surface area contributed by atoms with Crippen LogP contribution < -0.4 is 5.32 Å². The Balaban J connectivity index is 1.67. The molecule has 1 aromatic heterocycles. The Morgan fingerprint density at radius 3 is 2.81 bits per heavy atom. The molecule has 0 saturated carbocycles. The van der Waals surface area contributed by atoms with E-state index in [2.05, 4.69) is 10.3 Å². The lowest BCUT2D eigenvalue weighted by atomic mass is 10.0. The van der Waals surface area contributed by atoms with E-state index in [1.807, 2.05) is 24.3 Å². The third kappa shape index (κ3) is 2.88. The van der Waals surface area contributed by atoms with E-state index in [0.29, 0.717) is 5.69 Å². The molecule has 0 aliphatic carbocycles. The lowest BCUT2D eigenvalue weighted by Gasteiger charge is -2.35. The number of pyridine rings is 1. The molecule has 0 unspecified atom stereocenters. The number of amides is 1. The molecule has 1 N–H and O–H groups in total. The molecule has 7 heteroatoms. The maximum Gasteiger partial charge on any atom is 0.230 e. The fourth-order valence-electron chi connectivity index (χ4n) is 2.27. The predicted octanol–water partition coefficient (Wildman–Crippen LogP) is 1.06. The van der Waals surface area contributed by atoms with Crippen molar-refractivity contribution in [2.75, 3.05) is 24.7 Å². The standard InChI is InChI=1S/C14H15N3O3S/c1-21(19,20)17-8-11(9-17)14(18)16-12-4-5-13-10(7-12)3-2-6-15-13/h2-7,11H,8-9H2,1H3,(H,16,18). The van der Waals surface area contributed by atoms with Gasteiger partial charge in [-0.15, -0.1) is 0 Å². The molecule has 1 saturated heterocycles. The Bertz CT molecular complexity index is 798. The summed E-state index contributed by atoms with van der Waals surface area (Å²) in [5, 5.41) is 3.77. The molecule has 1 fully saturated rings. The number of benzene rings is 1. The summed E-state index contributed by atoms with van der Waals surface area (Å²) in [6, 6.07) is 9.25. The molecule has 2 aromatic rings. The highest BCUT2D eigenvalue weighted by Crippen LogP contribution is 2.22. The lowest BCUT2D eigenvalue weighted by Crippen LogP contribution is -2.53. The van der Waals surface area contributed by atoms with Crippen molar-refractivity contribution in [1.82, 2.24) is 9.29 Å². The zero-order valence-corrected chi connectivity index (χ0v) is 12.3. The number of carbonyl (C=O) groups is 1. The van der Waals surface area contributed by atoms with E-state index in [9.17, 15) is 13.2 Å². The molecule has 6 nitrogen and oxygen atoms in total. The summed E-state index contributed by atoms with van der Waals surface area (Å²) in [4.78, 5) is 16.3. The van der Waals surface area contributed by atoms with Gasteiger partial charge in [0.05, 0.1) is 17.7 Å². The van der Waals surface area contributed by atoms with Gasteiger partial charge in [-0.25, -0.2) is 12.7 Å². The highest BCUT2D eigenvalue weighted by atomic mass is 32.2. The van der Waals surface area contributed by atoms with Crippen LogP contribution in [0.2, 0.25) is 0 Å². The fraction of sp³-hybridized carbons (Fsp3) is 0.286. The van der Waals surface area contributed by atoms with Crippen LogP contribution in [0.25, 0.3) is 10.9 Å². The third-order valence-electron chi connectivity index (χ3n) is 3.56. The Morgan fingerprint density at radius 2 is 2.10 bits per heavy atom. The molecule has 1 aliphatic heterocycles. The molecule has 21 heavy (non-hydrogen) atoms. The van der Waals surface area contributed by atoms with Gasteiger partial charge in [-0.1, -0.05) is 6.07 Å². The van der Waals surface area contributed by atoms with Crippen LogP contribution in [0.15, 0.2) is 36.5 Å². The van der Waals surface area contributed by atoms with Crippen molar-refractivity contribution in [2.45, 2.75) is 0 Å². The van der Waals surface area contributed by atoms with Gasteiger partial charge in [-0.3, -0.25) is 9.78 Å². The van der Waals surface area contributed by atoms with Crippen LogP contribution in [-0.2, 0) is 14.8 Å². The van der Waals surface area contributed by atoms with E-state index in [1.54, 1.807) is 12.3 Å². The molecule has 0 spiro atoms. The molecular formula is C14H15N3O3S. The van der Waals surface area contributed by atoms with E-state index < -0.39 is 10.0 Å². The van der Waals surface area contributed by atoms with E-state index in [1.165, 1.54) is 4.31 Å². The number of hydrogen-bond acceptors (Lipinski definition) is 4. The second-order valence-electron chi connectivity index (χ2n) is 5.18. The molecule has 1 amide bonds. The van der Waals surface area contributed by atoms with Crippen LogP contribution >= 0.6 is 0 Å². The van der Waals surface area contributed by atoms with E-state index >= 15 is 0 Å². The number of aromatic nitrogens is 1. The van der Waals surface area contributed by atoms with Crippen molar-refractivity contribution in [3.63, 3.8) is 0 Å². The van der Waals surface area contributed by atoms with Gasteiger partial charge in [0.2, 0.25) is 15.9 Å². The van der Waals surface area contributed by atoms with Gasteiger partial charge in [0, 0.05) is 30.4 Å². The van der Waals surface area contributed by atoms with Crippen LogP contribution in [0.5, 0.6) is 0 Å². The first-order valence-corrected chi connectivity index (χ1v) is 8.39. The van der Waals surface area contributed by atoms with Crippen LogP contribution in [-0.4, -0.2) is 43.0 Å². The third-order valence-corrected chi connectivity index (χ3v) is 4.79. The summed E-state index contributed by atoms with van der Waals surface area (Å²) in [7, 11) is -3.19. The number of nitrogens with zero attached hydrogens (tertiary/aromatic N) is 2. The first kappa shape index (κ1) is 14.0. The highest BCUT2D eigenvalue weighted by molar-refractivity contribution is 7.88. The molecule has 1 aliphatic rings. The summed E-state index contributed by atoms with van der Waals surface area (Å²) in [5.41, 5.74) is 1.56. The average Bonchev–Trinajstić information content (AvgIpc) is 2.35. The van der Waals surface area contributed by atoms with Crippen molar-refractivity contribution < 1.29 is 13.2 Å². The fourth-order valence-corrected chi connectivity index (χ4v) is 3.17. The number of sulfonamides is 1. The zero-order valence-electron chi connectivity index (χ0n) is 11.5. The summed E-state index contributed by atoms with van der Waals surface area (Å²) >= 11 is 0. The largest absolute Gasteiger partial charge is 0.326 e. The number of rotatable bonds is 3. The maximum absolute atomic E-state index is 12.1. The Labute approximate surface area is 122 Å². The second-order valence-corrected chi connectivity index (χ2v) is 7.16. The van der Waals surface area contributed by atoms with Crippen molar-refractivity contribution in [1.29, 1.82) is 0 Å². The molecule has 0 bridgehead atoms. The van der Waals surface area contributed by atoms with Crippen molar-refractivity contribution in [3.8, 4) is 0 Å². The first-order chi connectivity index (χ1) is 9.93. The topological polar surface area (TPSA) is 79.4 Å². The van der Waals surface area contributed by atoms with Gasteiger partial charge in [-0.2, -0.15) is 0 Å². The Hall–Kier alpha value is -1.99. The van der Waals surface area contributed by atoms with Crippen molar-refractivity contribution >= 4 is 32.5 Å². The zero-order chi connectivity index (χ0) is 15.0. The van der Waals surface area contributed by atoms with Gasteiger partial charge in [0.15, 0.2) is 0 Å². The second kappa shape index (κ2) is 5.09. The lowest BCUT2D eigenvalue weighted by molar-refractivity contribution is -0.122. The predicted molar refractivity (Wildman–Crippen MR) is 80.3 cm³/mol. The van der Waals surface area contributed by atoms with Crippen LogP contribution in [0, 0.1) is 5.92 Å². The van der Waals surface area contributed by atoms with Crippen molar-refractivity contribution in [3.05, 3.63) is 36.5 Å². The van der Waals surface area contributed by atoms with Gasteiger partial charge < -0.3 is 5.32 Å². The molecule has 0 radical (unpaired) electrons. The minimum absolute atomic E-state index is 0.154.